The summed E-state index contributed by atoms with van der Waals surface area (Å²) >= 11 is 0. The van der Waals surface area contributed by atoms with Gasteiger partial charge in [0, 0.05) is 25.7 Å². The number of rotatable bonds is 76. The summed E-state index contributed by atoms with van der Waals surface area (Å²) in [5, 5.41) is 10.6. The summed E-state index contributed by atoms with van der Waals surface area (Å²) in [4.78, 5) is 72.9. The van der Waals surface area contributed by atoms with Gasteiger partial charge in [-0.2, -0.15) is 0 Å². The van der Waals surface area contributed by atoms with Crippen LogP contribution in [0.2, 0.25) is 0 Å². The van der Waals surface area contributed by atoms with Crippen molar-refractivity contribution in [3.63, 3.8) is 0 Å². The van der Waals surface area contributed by atoms with Crippen LogP contribution in [0.3, 0.4) is 0 Å². The van der Waals surface area contributed by atoms with Crippen molar-refractivity contribution in [3.05, 3.63) is 24.3 Å². The second-order valence-corrected chi connectivity index (χ2v) is 32.2. The maximum Gasteiger partial charge on any atom is 0.472 e. The molecule has 0 radical (unpaired) electrons. The molecule has 0 aromatic rings. The lowest BCUT2D eigenvalue weighted by Crippen LogP contribution is -2.30. The Morgan fingerprint density at radius 2 is 0.596 bits per heavy atom. The molecule has 0 aromatic heterocycles. The average Bonchev–Trinajstić information content (AvgIpc) is 1.84. The summed E-state index contributed by atoms with van der Waals surface area (Å²) in [7, 11) is -9.93. The van der Waals surface area contributed by atoms with E-state index in [-0.39, 0.29) is 25.7 Å². The number of allylic oxidation sites excluding steroid dienone is 4. The van der Waals surface area contributed by atoms with E-state index >= 15 is 0 Å². The van der Waals surface area contributed by atoms with Gasteiger partial charge in [0.2, 0.25) is 0 Å². The molecule has 19 heteroatoms. The maximum absolute atomic E-state index is 13.1. The third-order valence-corrected chi connectivity index (χ3v) is 20.3. The Balaban J connectivity index is 5.24. The second-order valence-electron chi connectivity index (χ2n) is 29.3. The van der Waals surface area contributed by atoms with Crippen molar-refractivity contribution in [1.29, 1.82) is 0 Å². The van der Waals surface area contributed by atoms with Crippen molar-refractivity contribution in [1.82, 2.24) is 0 Å². The molecule has 0 saturated heterocycles. The lowest BCUT2D eigenvalue weighted by atomic mass is 9.99. The normalized spacial score (nSPS) is 14.4. The number of ether oxygens (including phenoxy) is 4. The van der Waals surface area contributed by atoms with Crippen molar-refractivity contribution < 1.29 is 80.2 Å². The predicted molar refractivity (Wildman–Crippen MR) is 404 cm³/mol. The van der Waals surface area contributed by atoms with Gasteiger partial charge in [0.1, 0.15) is 19.3 Å². The number of phosphoric ester groups is 2. The number of aliphatic hydroxyl groups is 1. The van der Waals surface area contributed by atoms with Crippen molar-refractivity contribution in [3.8, 4) is 0 Å². The maximum atomic E-state index is 13.1. The van der Waals surface area contributed by atoms with Crippen molar-refractivity contribution in [2.75, 3.05) is 39.6 Å². The number of phosphoric acid groups is 2. The zero-order valence-electron chi connectivity index (χ0n) is 64.4. The summed E-state index contributed by atoms with van der Waals surface area (Å²) < 4.78 is 68.6. The van der Waals surface area contributed by atoms with Gasteiger partial charge in [-0.15, -0.1) is 0 Å². The number of carbonyl (C=O) groups is 4. The largest absolute Gasteiger partial charge is 0.472 e. The minimum atomic E-state index is -4.97. The predicted octanol–water partition coefficient (Wildman–Crippen LogP) is 23.3. The number of hydrogen-bond acceptors (Lipinski definition) is 15. The molecule has 0 heterocycles. The van der Waals surface area contributed by atoms with E-state index in [9.17, 15) is 43.2 Å². The third-order valence-electron chi connectivity index (χ3n) is 18.4. The van der Waals surface area contributed by atoms with Crippen molar-refractivity contribution in [2.24, 2.45) is 17.8 Å². The second kappa shape index (κ2) is 69.9. The van der Waals surface area contributed by atoms with Gasteiger partial charge in [-0.3, -0.25) is 37.3 Å². The first-order chi connectivity index (χ1) is 47.8. The van der Waals surface area contributed by atoms with Crippen LogP contribution in [0.4, 0.5) is 0 Å². The molecule has 0 fully saturated rings. The number of unbranched alkanes of at least 4 members (excludes halogenated alkanes) is 40. The molecule has 0 aromatic carbocycles. The zero-order chi connectivity index (χ0) is 73.0. The SMILES string of the molecule is CCCCCC/C=C\C=C/CCCCCCCC(=O)O[C@H](COC(=O)CCCCCCCCC(C)C)COP(=O)(O)OC[C@H](O)COP(=O)(O)OC[C@@H](COC(=O)CCCCCCCCCCCCC(C)CC)OC(=O)CCCCCCCCCCCCCCCCCCCCC(C)C. The molecule has 0 aliphatic heterocycles. The Hall–Kier alpha value is -2.46. The van der Waals surface area contributed by atoms with Crippen LogP contribution in [0, 0.1) is 17.8 Å². The van der Waals surface area contributed by atoms with Crippen molar-refractivity contribution >= 4 is 39.5 Å². The average molecular weight is 1450 g/mol. The van der Waals surface area contributed by atoms with Crippen LogP contribution in [0.15, 0.2) is 24.3 Å². The van der Waals surface area contributed by atoms with Crippen LogP contribution >= 0.6 is 15.6 Å². The summed E-state index contributed by atoms with van der Waals surface area (Å²) in [6.45, 7) is 11.8. The van der Waals surface area contributed by atoms with Gasteiger partial charge < -0.3 is 33.8 Å². The number of hydrogen-bond donors (Lipinski definition) is 3. The fourth-order valence-electron chi connectivity index (χ4n) is 11.7. The topological polar surface area (TPSA) is 237 Å². The number of carbonyl (C=O) groups excluding carboxylic acids is 4. The minimum absolute atomic E-state index is 0.0838. The Labute approximate surface area is 605 Å². The van der Waals surface area contributed by atoms with Crippen LogP contribution in [-0.2, 0) is 65.4 Å². The summed E-state index contributed by atoms with van der Waals surface area (Å²) in [5.41, 5.74) is 0. The molecule has 3 N–H and O–H groups in total. The Kier molecular flexibility index (Phi) is 68.1. The smallest absolute Gasteiger partial charge is 0.462 e. The van der Waals surface area contributed by atoms with E-state index in [2.05, 4.69) is 72.8 Å². The Morgan fingerprint density at radius 3 is 0.899 bits per heavy atom. The molecular formula is C80H152O17P2. The highest BCUT2D eigenvalue weighted by Gasteiger charge is 2.30. The first kappa shape index (κ1) is 96.5. The van der Waals surface area contributed by atoms with Crippen LogP contribution in [-0.4, -0.2) is 96.7 Å². The highest BCUT2D eigenvalue weighted by Crippen LogP contribution is 2.45. The highest BCUT2D eigenvalue weighted by atomic mass is 31.2. The van der Waals surface area contributed by atoms with E-state index in [1.165, 1.54) is 180 Å². The Bertz CT molecular complexity index is 2020. The van der Waals surface area contributed by atoms with E-state index in [0.717, 1.165) is 121 Å². The first-order valence-corrected chi connectivity index (χ1v) is 43.7. The summed E-state index contributed by atoms with van der Waals surface area (Å²) in [6.07, 6.45) is 60.6. The molecule has 0 aliphatic carbocycles. The minimum Gasteiger partial charge on any atom is -0.462 e. The summed E-state index contributed by atoms with van der Waals surface area (Å²) in [5.74, 6) is 0.157. The molecule has 0 saturated carbocycles. The first-order valence-electron chi connectivity index (χ1n) is 40.7. The third kappa shape index (κ3) is 72.3. The lowest BCUT2D eigenvalue weighted by Gasteiger charge is -2.21. The van der Waals surface area contributed by atoms with Crippen LogP contribution in [0.25, 0.3) is 0 Å². The van der Waals surface area contributed by atoms with E-state index in [4.69, 9.17) is 37.0 Å². The fraction of sp³-hybridized carbons (Fsp3) is 0.900. The molecule has 0 aliphatic rings. The quantitative estimate of drug-likeness (QED) is 0.0169. The molecule has 0 amide bonds. The molecule has 0 spiro atoms. The molecule has 17 nitrogen and oxygen atoms in total. The van der Waals surface area contributed by atoms with Crippen molar-refractivity contribution in [2.45, 2.75) is 407 Å². The Morgan fingerprint density at radius 1 is 0.333 bits per heavy atom. The van der Waals surface area contributed by atoms with E-state index in [1.54, 1.807) is 0 Å². The van der Waals surface area contributed by atoms with Crippen LogP contribution in [0.5, 0.6) is 0 Å². The number of aliphatic hydroxyl groups excluding tert-OH is 1. The lowest BCUT2D eigenvalue weighted by molar-refractivity contribution is -0.161. The van der Waals surface area contributed by atoms with Gasteiger partial charge in [0.15, 0.2) is 12.2 Å². The molecule has 3 unspecified atom stereocenters. The molecule has 6 atom stereocenters. The van der Waals surface area contributed by atoms with Gasteiger partial charge in [-0.25, -0.2) is 9.13 Å². The fourth-order valence-corrected chi connectivity index (χ4v) is 13.3. The van der Waals surface area contributed by atoms with Gasteiger partial charge in [-0.1, -0.05) is 336 Å². The monoisotopic (exact) mass is 1450 g/mol. The molecule has 0 rings (SSSR count). The molecule has 99 heavy (non-hydrogen) atoms. The zero-order valence-corrected chi connectivity index (χ0v) is 66.2. The van der Waals surface area contributed by atoms with E-state index in [1.807, 2.05) is 0 Å². The molecule has 0 bridgehead atoms. The summed E-state index contributed by atoms with van der Waals surface area (Å²) in [6, 6.07) is 0. The van der Waals surface area contributed by atoms with Gasteiger partial charge in [-0.05, 0) is 69.1 Å². The van der Waals surface area contributed by atoms with Crippen LogP contribution < -0.4 is 0 Å². The van der Waals surface area contributed by atoms with Crippen LogP contribution in [0.1, 0.15) is 389 Å². The van der Waals surface area contributed by atoms with E-state index < -0.39 is 97.5 Å². The molecular weight excluding hydrogens is 1290 g/mol. The van der Waals surface area contributed by atoms with Gasteiger partial charge >= 0.3 is 39.5 Å². The molecule has 584 valence electrons. The van der Waals surface area contributed by atoms with E-state index in [0.29, 0.717) is 31.6 Å². The number of esters is 4. The van der Waals surface area contributed by atoms with Gasteiger partial charge in [0.25, 0.3) is 0 Å². The highest BCUT2D eigenvalue weighted by molar-refractivity contribution is 7.47. The standard InChI is InChI=1S/C80H152O17P2/c1-8-10-11-12-13-14-15-16-21-25-28-35-40-49-56-64-80(85)97-76(68-91-78(83)62-55-48-43-42-45-52-59-72(5)6)70-95-99(88,89)93-66-74(81)65-92-98(86,87)94-69-75(67-90-77(82)61-54-47-39-34-31-30-33-38-46-53-60-73(7)9-2)96-79(84)63-57-50-41-36-29-26-23-20-18-17-19-22-24-27-32-37-44-51-58-71(3)4/h14-16,21,71-76,81H,8-13,17-20,22-70H2,1-7H3,(H,86,87)(H,88,89)/b15-14-,21-16-/t73?,74-,75-,76-/m1/s1. The van der Waals surface area contributed by atoms with Gasteiger partial charge in [0.05, 0.1) is 26.4 Å².